The van der Waals surface area contributed by atoms with Crippen LogP contribution in [-0.4, -0.2) is 33.1 Å². The zero-order valence-electron chi connectivity index (χ0n) is 22.6. The van der Waals surface area contributed by atoms with E-state index in [0.717, 1.165) is 41.8 Å². The van der Waals surface area contributed by atoms with Gasteiger partial charge in [0.15, 0.2) is 11.6 Å². The van der Waals surface area contributed by atoms with Crippen molar-refractivity contribution in [2.45, 2.75) is 58.9 Å². The van der Waals surface area contributed by atoms with Crippen LogP contribution in [0.4, 0.5) is 8.78 Å². The molecule has 1 amide bonds. The van der Waals surface area contributed by atoms with Crippen LogP contribution < -0.4 is 4.74 Å². The minimum absolute atomic E-state index is 0.0254. The standard InChI is InChI=1S/C31H31F2N3O3S/c1-3-13-36(19(2)37)18-21-7-9-24(35-17-21)28-16-25-31(40-28)27(11-12-34-25)39-26-10-8-22(29(32)30(26)33)15-23(38)14-20-5-4-6-20/h7-12,16-17,20H,3-6,13-15,18H2,1-2H3. The Morgan fingerprint density at radius 1 is 1.07 bits per heavy atom. The number of ketones is 1. The van der Waals surface area contributed by atoms with Crippen molar-refractivity contribution < 1.29 is 23.1 Å². The maximum absolute atomic E-state index is 15.0. The fraction of sp³-hybridized carbons (Fsp3) is 0.355. The Hall–Kier alpha value is -3.72. The van der Waals surface area contributed by atoms with E-state index in [2.05, 4.69) is 9.97 Å². The van der Waals surface area contributed by atoms with Gasteiger partial charge in [-0.3, -0.25) is 19.6 Å². The van der Waals surface area contributed by atoms with Crippen LogP contribution in [0.15, 0.2) is 48.8 Å². The van der Waals surface area contributed by atoms with Crippen LogP contribution in [0.25, 0.3) is 20.8 Å². The fourth-order valence-corrected chi connectivity index (χ4v) is 5.87. The number of carbonyl (C=O) groups excluding carboxylic acids is 2. The van der Waals surface area contributed by atoms with E-state index in [0.29, 0.717) is 41.4 Å². The van der Waals surface area contributed by atoms with E-state index in [1.54, 1.807) is 30.3 Å². The summed E-state index contributed by atoms with van der Waals surface area (Å²) in [5.74, 6) is -1.74. The van der Waals surface area contributed by atoms with Crippen LogP contribution in [0.1, 0.15) is 57.1 Å². The highest BCUT2D eigenvalue weighted by atomic mass is 32.1. The summed E-state index contributed by atoms with van der Waals surface area (Å²) in [6, 6.07) is 10.1. The number of fused-ring (bicyclic) bond motifs is 1. The van der Waals surface area contributed by atoms with E-state index >= 15 is 0 Å². The smallest absolute Gasteiger partial charge is 0.219 e. The number of nitrogens with zero attached hydrogens (tertiary/aromatic N) is 3. The topological polar surface area (TPSA) is 72.4 Å². The Morgan fingerprint density at radius 3 is 2.58 bits per heavy atom. The Kier molecular flexibility index (Phi) is 8.49. The Bertz CT molecular complexity index is 1530. The van der Waals surface area contributed by atoms with Crippen LogP contribution in [0, 0.1) is 17.6 Å². The number of rotatable bonds is 11. The zero-order chi connectivity index (χ0) is 28.2. The second kappa shape index (κ2) is 12.2. The molecule has 0 atom stereocenters. The molecule has 1 fully saturated rings. The summed E-state index contributed by atoms with van der Waals surface area (Å²) in [5.41, 5.74) is 2.35. The van der Waals surface area contributed by atoms with E-state index in [4.69, 9.17) is 4.74 Å². The van der Waals surface area contributed by atoms with Crippen molar-refractivity contribution in [3.05, 3.63) is 71.6 Å². The van der Waals surface area contributed by atoms with Gasteiger partial charge in [-0.25, -0.2) is 4.39 Å². The summed E-state index contributed by atoms with van der Waals surface area (Å²) in [5, 5.41) is 0. The van der Waals surface area contributed by atoms with Crippen molar-refractivity contribution in [2.24, 2.45) is 5.92 Å². The van der Waals surface area contributed by atoms with Gasteiger partial charge in [0.25, 0.3) is 0 Å². The van der Waals surface area contributed by atoms with Crippen LogP contribution in [0.3, 0.4) is 0 Å². The maximum atomic E-state index is 15.0. The quantitative estimate of drug-likeness (QED) is 0.189. The third-order valence-electron chi connectivity index (χ3n) is 7.24. The number of hydrogen-bond donors (Lipinski definition) is 0. The Morgan fingerprint density at radius 2 is 1.90 bits per heavy atom. The van der Waals surface area contributed by atoms with E-state index in [-0.39, 0.29) is 29.4 Å². The van der Waals surface area contributed by atoms with E-state index < -0.39 is 11.6 Å². The molecular formula is C31H31F2N3O3S. The van der Waals surface area contributed by atoms with Crippen LogP contribution in [0.5, 0.6) is 11.5 Å². The number of benzene rings is 1. The first-order valence-electron chi connectivity index (χ1n) is 13.6. The van der Waals surface area contributed by atoms with Crippen LogP contribution in [-0.2, 0) is 22.6 Å². The van der Waals surface area contributed by atoms with Crippen molar-refractivity contribution in [1.29, 1.82) is 0 Å². The van der Waals surface area contributed by atoms with Gasteiger partial charge < -0.3 is 9.64 Å². The van der Waals surface area contributed by atoms with Crippen LogP contribution in [0.2, 0.25) is 0 Å². The van der Waals surface area contributed by atoms with Gasteiger partial charge in [0.2, 0.25) is 11.7 Å². The number of pyridine rings is 2. The number of aromatic nitrogens is 2. The number of hydrogen-bond acceptors (Lipinski definition) is 6. The molecule has 6 nitrogen and oxygen atoms in total. The third-order valence-corrected chi connectivity index (χ3v) is 8.40. The number of halogens is 2. The summed E-state index contributed by atoms with van der Waals surface area (Å²) in [4.78, 5) is 35.8. The van der Waals surface area contributed by atoms with E-state index in [9.17, 15) is 18.4 Å². The largest absolute Gasteiger partial charge is 0.453 e. The van der Waals surface area contributed by atoms with Crippen molar-refractivity contribution in [2.75, 3.05) is 6.54 Å². The van der Waals surface area contributed by atoms with E-state index in [1.165, 1.54) is 23.5 Å². The maximum Gasteiger partial charge on any atom is 0.219 e. The molecule has 1 aliphatic carbocycles. The first kappa shape index (κ1) is 27.8. The summed E-state index contributed by atoms with van der Waals surface area (Å²) in [6.45, 7) is 4.78. The molecule has 5 rings (SSSR count). The number of carbonyl (C=O) groups is 2. The summed E-state index contributed by atoms with van der Waals surface area (Å²) in [7, 11) is 0. The molecule has 208 valence electrons. The SMILES string of the molecule is CCCN(Cc1ccc(-c2cc3nccc(Oc4ccc(CC(=O)CC5CCC5)c(F)c4F)c3s2)nc1)C(C)=O. The average Bonchev–Trinajstić information content (AvgIpc) is 3.36. The Labute approximate surface area is 236 Å². The van der Waals surface area contributed by atoms with Gasteiger partial charge in [0.05, 0.1) is 20.8 Å². The highest BCUT2D eigenvalue weighted by Gasteiger charge is 2.23. The van der Waals surface area contributed by atoms with Crippen LogP contribution >= 0.6 is 11.3 Å². The highest BCUT2D eigenvalue weighted by molar-refractivity contribution is 7.22. The zero-order valence-corrected chi connectivity index (χ0v) is 23.4. The van der Waals surface area contributed by atoms with Crippen molar-refractivity contribution in [3.63, 3.8) is 0 Å². The molecule has 0 aliphatic heterocycles. The molecule has 0 radical (unpaired) electrons. The fourth-order valence-electron chi connectivity index (χ4n) is 4.83. The molecule has 0 saturated heterocycles. The van der Waals surface area contributed by atoms with Gasteiger partial charge in [-0.1, -0.05) is 38.3 Å². The minimum atomic E-state index is -1.12. The summed E-state index contributed by atoms with van der Waals surface area (Å²) >= 11 is 1.39. The van der Waals surface area contributed by atoms with Crippen molar-refractivity contribution in [3.8, 4) is 22.1 Å². The molecule has 0 bridgehead atoms. The van der Waals surface area contributed by atoms with Crippen molar-refractivity contribution in [1.82, 2.24) is 14.9 Å². The van der Waals surface area contributed by atoms with Gasteiger partial charge in [-0.15, -0.1) is 11.3 Å². The number of ether oxygens (including phenoxy) is 1. The molecule has 9 heteroatoms. The lowest BCUT2D eigenvalue weighted by atomic mass is 9.81. The Balaban J connectivity index is 1.33. The molecule has 1 aromatic carbocycles. The third kappa shape index (κ3) is 6.20. The number of thiophene rings is 1. The number of amides is 1. The molecular weight excluding hydrogens is 532 g/mol. The van der Waals surface area contributed by atoms with E-state index in [1.807, 2.05) is 25.1 Å². The van der Waals surface area contributed by atoms with Gasteiger partial charge in [-0.05, 0) is 41.7 Å². The first-order chi connectivity index (χ1) is 19.3. The first-order valence-corrected chi connectivity index (χ1v) is 14.4. The highest BCUT2D eigenvalue weighted by Crippen LogP contribution is 2.39. The molecule has 1 saturated carbocycles. The minimum Gasteiger partial charge on any atom is -0.453 e. The van der Waals surface area contributed by atoms with Gasteiger partial charge in [0.1, 0.15) is 11.5 Å². The lowest BCUT2D eigenvalue weighted by Gasteiger charge is -2.24. The van der Waals surface area contributed by atoms with Crippen molar-refractivity contribution >= 4 is 33.2 Å². The summed E-state index contributed by atoms with van der Waals surface area (Å²) < 4.78 is 36.3. The van der Waals surface area contributed by atoms with Gasteiger partial charge >= 0.3 is 0 Å². The molecule has 4 aromatic rings. The predicted octanol–water partition coefficient (Wildman–Crippen LogP) is 7.49. The molecule has 40 heavy (non-hydrogen) atoms. The molecule has 3 heterocycles. The number of Topliss-reactive ketones (excluding diaryl/α,β-unsaturated/α-hetero) is 1. The average molecular weight is 564 g/mol. The monoisotopic (exact) mass is 563 g/mol. The second-order valence-corrected chi connectivity index (χ2v) is 11.3. The molecule has 3 aromatic heterocycles. The lowest BCUT2D eigenvalue weighted by Crippen LogP contribution is -2.28. The molecule has 0 N–H and O–H groups in total. The van der Waals surface area contributed by atoms with Gasteiger partial charge in [0, 0.05) is 51.3 Å². The molecule has 0 unspecified atom stereocenters. The molecule has 0 spiro atoms. The predicted molar refractivity (Wildman–Crippen MR) is 151 cm³/mol. The van der Waals surface area contributed by atoms with Gasteiger partial charge in [-0.2, -0.15) is 4.39 Å². The summed E-state index contributed by atoms with van der Waals surface area (Å²) in [6.07, 6.45) is 7.67. The lowest BCUT2D eigenvalue weighted by molar-refractivity contribution is -0.129. The molecule has 1 aliphatic rings. The second-order valence-electron chi connectivity index (χ2n) is 10.3. The normalized spacial score (nSPS) is 13.3.